The van der Waals surface area contributed by atoms with Gasteiger partial charge in [0.25, 0.3) is 0 Å². The van der Waals surface area contributed by atoms with Gasteiger partial charge in [-0.1, -0.05) is 11.6 Å². The van der Waals surface area contributed by atoms with E-state index in [1.165, 1.54) is 0 Å². The third-order valence-corrected chi connectivity index (χ3v) is 3.61. The number of halogens is 1. The number of methoxy groups -OCH3 is 1. The van der Waals surface area contributed by atoms with Crippen molar-refractivity contribution in [1.82, 2.24) is 4.98 Å². The van der Waals surface area contributed by atoms with Gasteiger partial charge in [-0.05, 0) is 6.92 Å². The maximum absolute atomic E-state index is 9.24. The summed E-state index contributed by atoms with van der Waals surface area (Å²) in [6.45, 7) is 3.25. The molecule has 0 unspecified atom stereocenters. The molecule has 1 aromatic rings. The first-order valence-electron chi connectivity index (χ1n) is 6.67. The fraction of sp³-hybridized carbons (Fsp3) is 0.643. The highest BCUT2D eigenvalue weighted by atomic mass is 35.5. The number of pyridine rings is 1. The second kappa shape index (κ2) is 6.72. The number of hydrogen-bond acceptors (Lipinski definition) is 5. The Hall–Kier alpha value is -0.880. The van der Waals surface area contributed by atoms with E-state index >= 15 is 0 Å². The van der Waals surface area contributed by atoms with Crippen LogP contribution >= 0.6 is 11.6 Å². The van der Waals surface area contributed by atoms with E-state index in [9.17, 15) is 5.11 Å². The highest BCUT2D eigenvalue weighted by Crippen LogP contribution is 2.35. The Bertz CT molecular complexity index is 447. The molecule has 1 aliphatic heterocycles. The monoisotopic (exact) mass is 301 g/mol. The van der Waals surface area contributed by atoms with Crippen LogP contribution in [0.15, 0.2) is 12.1 Å². The van der Waals surface area contributed by atoms with Gasteiger partial charge in [0.15, 0.2) is 0 Å². The molecule has 1 fully saturated rings. The first-order chi connectivity index (χ1) is 9.55. The third kappa shape index (κ3) is 3.61. The summed E-state index contributed by atoms with van der Waals surface area (Å²) >= 11 is 6.05. The summed E-state index contributed by atoms with van der Waals surface area (Å²) in [7, 11) is 1.64. The molecule has 1 aromatic heterocycles. The van der Waals surface area contributed by atoms with Gasteiger partial charge in [-0.3, -0.25) is 0 Å². The molecule has 0 spiro atoms. The molecule has 6 heteroatoms. The molecular formula is C14H20ClNO4. The molecule has 2 rings (SSSR count). The normalized spacial score (nSPS) is 23.8. The summed E-state index contributed by atoms with van der Waals surface area (Å²) in [5, 5.41) is 9.60. The van der Waals surface area contributed by atoms with Gasteiger partial charge in [0.05, 0.1) is 25.0 Å². The minimum Gasteiger partial charge on any atom is -0.493 e. The van der Waals surface area contributed by atoms with Crippen molar-refractivity contribution in [1.29, 1.82) is 0 Å². The summed E-state index contributed by atoms with van der Waals surface area (Å²) in [5.41, 5.74) is 0.171. The van der Waals surface area contributed by atoms with Gasteiger partial charge in [-0.15, -0.1) is 0 Å². The van der Waals surface area contributed by atoms with Crippen molar-refractivity contribution in [3.05, 3.63) is 23.0 Å². The van der Waals surface area contributed by atoms with Gasteiger partial charge >= 0.3 is 0 Å². The zero-order valence-corrected chi connectivity index (χ0v) is 12.5. The smallest absolute Gasteiger partial charge is 0.135 e. The van der Waals surface area contributed by atoms with Gasteiger partial charge in [0.1, 0.15) is 16.5 Å². The Labute approximate surface area is 123 Å². The lowest BCUT2D eigenvalue weighted by Crippen LogP contribution is -2.30. The summed E-state index contributed by atoms with van der Waals surface area (Å²) in [4.78, 5) is 4.33. The second-order valence-corrected chi connectivity index (χ2v) is 5.39. The van der Waals surface area contributed by atoms with Crippen LogP contribution in [-0.4, -0.2) is 43.1 Å². The topological polar surface area (TPSA) is 60.8 Å². The SMILES string of the molecule is CO[C@@]1(c2cc(OCC[C@@H](C)O)cc(Cl)n2)CCOC1. The van der Waals surface area contributed by atoms with Crippen LogP contribution in [0.3, 0.4) is 0 Å². The zero-order valence-electron chi connectivity index (χ0n) is 11.8. The fourth-order valence-corrected chi connectivity index (χ4v) is 2.35. The van der Waals surface area contributed by atoms with Crippen LogP contribution in [0.25, 0.3) is 0 Å². The van der Waals surface area contributed by atoms with E-state index in [2.05, 4.69) is 4.98 Å². The van der Waals surface area contributed by atoms with Crippen LogP contribution in [0.1, 0.15) is 25.5 Å². The summed E-state index contributed by atoms with van der Waals surface area (Å²) < 4.78 is 16.6. The predicted molar refractivity (Wildman–Crippen MR) is 75.2 cm³/mol. The lowest BCUT2D eigenvalue weighted by molar-refractivity contribution is -0.0247. The number of aliphatic hydroxyl groups excluding tert-OH is 1. The number of aliphatic hydroxyl groups is 1. The van der Waals surface area contributed by atoms with Gasteiger partial charge in [-0.25, -0.2) is 4.98 Å². The molecule has 1 saturated heterocycles. The van der Waals surface area contributed by atoms with E-state index in [1.54, 1.807) is 20.1 Å². The van der Waals surface area contributed by atoms with E-state index in [4.69, 9.17) is 25.8 Å². The van der Waals surface area contributed by atoms with Crippen molar-refractivity contribution in [2.24, 2.45) is 0 Å². The Kier molecular flexibility index (Phi) is 5.21. The largest absolute Gasteiger partial charge is 0.493 e. The van der Waals surface area contributed by atoms with E-state index < -0.39 is 5.60 Å². The minimum atomic E-state index is -0.548. The van der Waals surface area contributed by atoms with Gasteiger partial charge < -0.3 is 19.3 Å². The van der Waals surface area contributed by atoms with Crippen LogP contribution in [-0.2, 0) is 15.1 Å². The first kappa shape index (κ1) is 15.5. The summed E-state index contributed by atoms with van der Waals surface area (Å²) in [6, 6.07) is 3.48. The molecule has 0 aromatic carbocycles. The predicted octanol–water partition coefficient (Wildman–Crippen LogP) is 2.15. The molecule has 20 heavy (non-hydrogen) atoms. The highest BCUT2D eigenvalue weighted by molar-refractivity contribution is 6.29. The Morgan fingerprint density at radius 2 is 2.35 bits per heavy atom. The molecule has 112 valence electrons. The number of nitrogens with zero attached hydrogens (tertiary/aromatic N) is 1. The highest BCUT2D eigenvalue weighted by Gasteiger charge is 2.38. The minimum absolute atomic E-state index is 0.359. The van der Waals surface area contributed by atoms with Crippen molar-refractivity contribution in [2.75, 3.05) is 26.9 Å². The zero-order chi connectivity index (χ0) is 14.6. The van der Waals surface area contributed by atoms with Crippen LogP contribution in [0.4, 0.5) is 0 Å². The third-order valence-electron chi connectivity index (χ3n) is 3.41. The number of aromatic nitrogens is 1. The maximum Gasteiger partial charge on any atom is 0.135 e. The number of hydrogen-bond donors (Lipinski definition) is 1. The molecule has 1 aliphatic rings. The number of rotatable bonds is 6. The van der Waals surface area contributed by atoms with Crippen molar-refractivity contribution in [3.63, 3.8) is 0 Å². The van der Waals surface area contributed by atoms with Gasteiger partial charge in [0.2, 0.25) is 0 Å². The van der Waals surface area contributed by atoms with E-state index in [1.807, 2.05) is 6.07 Å². The molecule has 0 bridgehead atoms. The molecule has 2 heterocycles. The molecule has 1 N–H and O–H groups in total. The lowest BCUT2D eigenvalue weighted by Gasteiger charge is -2.25. The van der Waals surface area contributed by atoms with Crippen molar-refractivity contribution < 1.29 is 19.3 Å². The van der Waals surface area contributed by atoms with E-state index in [0.29, 0.717) is 37.1 Å². The van der Waals surface area contributed by atoms with E-state index in [-0.39, 0.29) is 6.10 Å². The summed E-state index contributed by atoms with van der Waals surface area (Å²) in [6.07, 6.45) is 0.915. The molecule has 5 nitrogen and oxygen atoms in total. The quantitative estimate of drug-likeness (QED) is 0.816. The standard InChI is InChI=1S/C14H20ClNO4/c1-10(17)3-5-20-11-7-12(16-13(15)8-11)14(18-2)4-6-19-9-14/h7-8,10,17H,3-6,9H2,1-2H3/t10-,14+/m1/s1. The fourth-order valence-electron chi connectivity index (χ4n) is 2.15. The van der Waals surface area contributed by atoms with Crippen LogP contribution in [0.2, 0.25) is 5.15 Å². The molecule has 0 radical (unpaired) electrons. The first-order valence-corrected chi connectivity index (χ1v) is 7.05. The Morgan fingerprint density at radius 3 is 2.95 bits per heavy atom. The summed E-state index contributed by atoms with van der Waals surface area (Å²) in [5.74, 6) is 0.629. The van der Waals surface area contributed by atoms with Crippen molar-refractivity contribution >= 4 is 11.6 Å². The molecule has 0 amide bonds. The van der Waals surface area contributed by atoms with Crippen molar-refractivity contribution in [2.45, 2.75) is 31.5 Å². The molecule has 0 saturated carbocycles. The van der Waals surface area contributed by atoms with Crippen LogP contribution in [0.5, 0.6) is 5.75 Å². The Balaban J connectivity index is 2.15. The maximum atomic E-state index is 9.24. The van der Waals surface area contributed by atoms with Crippen LogP contribution < -0.4 is 4.74 Å². The van der Waals surface area contributed by atoms with Gasteiger partial charge in [0, 0.05) is 38.7 Å². The average molecular weight is 302 g/mol. The van der Waals surface area contributed by atoms with Crippen molar-refractivity contribution in [3.8, 4) is 5.75 Å². The lowest BCUT2D eigenvalue weighted by atomic mass is 9.98. The van der Waals surface area contributed by atoms with Crippen LogP contribution in [0, 0.1) is 0 Å². The Morgan fingerprint density at radius 1 is 1.55 bits per heavy atom. The molecule has 2 atom stereocenters. The molecule has 0 aliphatic carbocycles. The second-order valence-electron chi connectivity index (χ2n) is 5.00. The van der Waals surface area contributed by atoms with E-state index in [0.717, 1.165) is 12.1 Å². The number of ether oxygens (including phenoxy) is 3. The average Bonchev–Trinajstić information content (AvgIpc) is 2.87. The molecular weight excluding hydrogens is 282 g/mol. The van der Waals surface area contributed by atoms with Gasteiger partial charge in [-0.2, -0.15) is 0 Å².